The number of hydrogen-bond acceptors (Lipinski definition) is 3. The highest BCUT2D eigenvalue weighted by molar-refractivity contribution is 6.02. The van der Waals surface area contributed by atoms with Gasteiger partial charge in [-0.3, -0.25) is 9.59 Å². The molecule has 1 aliphatic rings. The van der Waals surface area contributed by atoms with Gasteiger partial charge in [-0.2, -0.15) is 0 Å². The van der Waals surface area contributed by atoms with Gasteiger partial charge in [0.05, 0.1) is 6.10 Å². The summed E-state index contributed by atoms with van der Waals surface area (Å²) in [6.45, 7) is 2.15. The highest BCUT2D eigenvalue weighted by atomic mass is 16.4. The van der Waals surface area contributed by atoms with E-state index in [-0.39, 0.29) is 18.1 Å². The van der Waals surface area contributed by atoms with Crippen LogP contribution in [0.1, 0.15) is 81.9 Å². The van der Waals surface area contributed by atoms with Gasteiger partial charge >= 0.3 is 5.97 Å². The van der Waals surface area contributed by atoms with Crippen LogP contribution in [-0.4, -0.2) is 22.0 Å². The molecule has 0 heterocycles. The number of aliphatic hydroxyl groups excluding tert-OH is 1. The fourth-order valence-electron chi connectivity index (χ4n) is 3.63. The van der Waals surface area contributed by atoms with E-state index in [1.165, 1.54) is 0 Å². The molecule has 0 spiro atoms. The highest BCUT2D eigenvalue weighted by Crippen LogP contribution is 2.35. The molecule has 0 aromatic heterocycles. The Hall–Kier alpha value is -2.20. The van der Waals surface area contributed by atoms with Crippen molar-refractivity contribution in [3.05, 3.63) is 53.6 Å². The van der Waals surface area contributed by atoms with Crippen molar-refractivity contribution in [3.63, 3.8) is 0 Å². The van der Waals surface area contributed by atoms with Crippen LogP contribution >= 0.6 is 0 Å². The van der Waals surface area contributed by atoms with Gasteiger partial charge in [0.15, 0.2) is 5.78 Å². The van der Waals surface area contributed by atoms with E-state index in [0.29, 0.717) is 12.8 Å². The van der Waals surface area contributed by atoms with Crippen LogP contribution in [-0.2, 0) is 9.59 Å². The third-order valence-corrected chi connectivity index (χ3v) is 5.26. The van der Waals surface area contributed by atoms with Gasteiger partial charge in [-0.25, -0.2) is 0 Å². The number of aliphatic hydroxyl groups is 1. The molecule has 4 heteroatoms. The number of carbonyl (C=O) groups is 2. The molecule has 1 unspecified atom stereocenters. The lowest BCUT2D eigenvalue weighted by Crippen LogP contribution is -2.01. The number of carboxylic acids is 1. The number of allylic oxidation sites excluding steroid dienone is 4. The number of unbranched alkanes of at least 4 members (excludes halogenated alkanes) is 3. The lowest BCUT2D eigenvalue weighted by molar-refractivity contribution is -0.137. The third kappa shape index (κ3) is 7.08. The summed E-state index contributed by atoms with van der Waals surface area (Å²) in [7, 11) is 0. The predicted octanol–water partition coefficient (Wildman–Crippen LogP) is 5.47. The first-order valence-electron chi connectivity index (χ1n) is 10.4. The average Bonchev–Trinajstić information content (AvgIpc) is 3.05. The number of aliphatic carboxylic acids is 1. The Morgan fingerprint density at radius 1 is 1.18 bits per heavy atom. The number of benzene rings is 1. The second-order valence-electron chi connectivity index (χ2n) is 7.59. The summed E-state index contributed by atoms with van der Waals surface area (Å²) >= 11 is 0. The van der Waals surface area contributed by atoms with Crippen molar-refractivity contribution in [1.82, 2.24) is 0 Å². The fourth-order valence-corrected chi connectivity index (χ4v) is 3.63. The number of hydrogen-bond donors (Lipinski definition) is 2. The van der Waals surface area contributed by atoms with E-state index >= 15 is 0 Å². The van der Waals surface area contributed by atoms with Crippen molar-refractivity contribution in [2.24, 2.45) is 5.92 Å². The summed E-state index contributed by atoms with van der Waals surface area (Å²) in [4.78, 5) is 22.5. The number of ketones is 1. The van der Waals surface area contributed by atoms with Gasteiger partial charge in [0.2, 0.25) is 0 Å². The molecule has 1 aromatic carbocycles. The van der Waals surface area contributed by atoms with Crippen LogP contribution in [0, 0.1) is 5.92 Å². The minimum Gasteiger partial charge on any atom is -0.481 e. The minimum atomic E-state index is -0.765. The molecule has 152 valence electrons. The Bertz CT molecular complexity index is 700. The second-order valence-corrected chi connectivity index (χ2v) is 7.59. The molecule has 1 aliphatic carbocycles. The molecule has 0 radical (unpaired) electrons. The topological polar surface area (TPSA) is 74.6 Å². The largest absolute Gasteiger partial charge is 0.481 e. The first kappa shape index (κ1) is 22.1. The van der Waals surface area contributed by atoms with Crippen molar-refractivity contribution >= 4 is 17.3 Å². The first-order chi connectivity index (χ1) is 13.5. The van der Waals surface area contributed by atoms with Crippen molar-refractivity contribution in [2.75, 3.05) is 0 Å². The third-order valence-electron chi connectivity index (χ3n) is 5.26. The van der Waals surface area contributed by atoms with Gasteiger partial charge in [0.25, 0.3) is 0 Å². The minimum absolute atomic E-state index is 0.156. The van der Waals surface area contributed by atoms with E-state index in [9.17, 15) is 14.7 Å². The summed E-state index contributed by atoms with van der Waals surface area (Å²) in [6.07, 6.45) is 12.4. The number of carboxylic acid groups (broad SMARTS) is 1. The van der Waals surface area contributed by atoms with Crippen molar-refractivity contribution in [2.45, 2.75) is 70.8 Å². The Morgan fingerprint density at radius 3 is 2.61 bits per heavy atom. The summed E-state index contributed by atoms with van der Waals surface area (Å²) in [5, 5.41) is 19.0. The van der Waals surface area contributed by atoms with Gasteiger partial charge < -0.3 is 10.2 Å². The van der Waals surface area contributed by atoms with Gasteiger partial charge in [-0.15, -0.1) is 0 Å². The zero-order valence-corrected chi connectivity index (χ0v) is 16.8. The molecule has 0 saturated heterocycles. The smallest absolute Gasteiger partial charge is 0.303 e. The Balaban J connectivity index is 1.92. The Kier molecular flexibility index (Phi) is 9.15. The SMILES string of the molecule is CCCCCC(O)c1ccc(C2=CC(=O)C[C@@H]2CC=CCCCC(=O)O)cc1. The van der Waals surface area contributed by atoms with E-state index < -0.39 is 12.1 Å². The highest BCUT2D eigenvalue weighted by Gasteiger charge is 2.24. The molecule has 0 amide bonds. The van der Waals surface area contributed by atoms with E-state index in [2.05, 4.69) is 13.0 Å². The summed E-state index contributed by atoms with van der Waals surface area (Å²) in [5.41, 5.74) is 3.03. The molecule has 0 bridgehead atoms. The normalized spacial score (nSPS) is 17.9. The fraction of sp³-hybridized carbons (Fsp3) is 0.500. The van der Waals surface area contributed by atoms with Gasteiger partial charge in [0, 0.05) is 12.8 Å². The van der Waals surface area contributed by atoms with Crippen LogP contribution in [0.25, 0.3) is 5.57 Å². The molecule has 2 rings (SSSR count). The number of carbonyl (C=O) groups excluding carboxylic acids is 1. The molecule has 0 fully saturated rings. The molecule has 0 saturated carbocycles. The molecular formula is C24H32O4. The molecule has 0 aliphatic heterocycles. The van der Waals surface area contributed by atoms with Crippen LogP contribution < -0.4 is 0 Å². The standard InChI is InChI=1S/C24H32O4/c1-2-3-6-10-23(26)19-14-12-18(13-15-19)22-17-21(25)16-20(22)9-7-4-5-8-11-24(27)28/h4,7,12-15,17,20,23,26H,2-3,5-6,8-11,16H2,1H3,(H,27,28)/t20-,23?/m0/s1. The van der Waals surface area contributed by atoms with Crippen LogP contribution in [0.4, 0.5) is 0 Å². The first-order valence-corrected chi connectivity index (χ1v) is 10.4. The quantitative estimate of drug-likeness (QED) is 0.370. The average molecular weight is 385 g/mol. The zero-order chi connectivity index (χ0) is 20.4. The monoisotopic (exact) mass is 384 g/mol. The van der Waals surface area contributed by atoms with Gasteiger partial charge in [0.1, 0.15) is 0 Å². The van der Waals surface area contributed by atoms with Crippen LogP contribution in [0.3, 0.4) is 0 Å². The van der Waals surface area contributed by atoms with Gasteiger partial charge in [-0.05, 0) is 54.4 Å². The van der Waals surface area contributed by atoms with E-state index in [1.807, 2.05) is 30.3 Å². The maximum atomic E-state index is 12.0. The molecule has 2 N–H and O–H groups in total. The van der Waals surface area contributed by atoms with Crippen LogP contribution in [0.2, 0.25) is 0 Å². The summed E-state index contributed by atoms with van der Waals surface area (Å²) in [6, 6.07) is 7.95. The summed E-state index contributed by atoms with van der Waals surface area (Å²) < 4.78 is 0. The lowest BCUT2D eigenvalue weighted by atomic mass is 9.91. The van der Waals surface area contributed by atoms with E-state index in [4.69, 9.17) is 5.11 Å². The van der Waals surface area contributed by atoms with Crippen molar-refractivity contribution < 1.29 is 19.8 Å². The molecule has 28 heavy (non-hydrogen) atoms. The molecule has 4 nitrogen and oxygen atoms in total. The maximum Gasteiger partial charge on any atom is 0.303 e. The van der Waals surface area contributed by atoms with Crippen molar-refractivity contribution in [1.29, 1.82) is 0 Å². The molecule has 2 atom stereocenters. The lowest BCUT2D eigenvalue weighted by Gasteiger charge is -2.15. The van der Waals surface area contributed by atoms with Crippen molar-refractivity contribution in [3.8, 4) is 0 Å². The predicted molar refractivity (Wildman–Crippen MR) is 112 cm³/mol. The van der Waals surface area contributed by atoms with E-state index in [1.54, 1.807) is 6.08 Å². The van der Waals surface area contributed by atoms with E-state index in [0.717, 1.165) is 55.2 Å². The molecule has 1 aromatic rings. The maximum absolute atomic E-state index is 12.0. The Labute approximate surface area is 168 Å². The Morgan fingerprint density at radius 2 is 1.93 bits per heavy atom. The van der Waals surface area contributed by atoms with Gasteiger partial charge in [-0.1, -0.05) is 62.6 Å². The zero-order valence-electron chi connectivity index (χ0n) is 16.8. The summed E-state index contributed by atoms with van der Waals surface area (Å²) in [5.74, 6) is -0.439. The van der Waals surface area contributed by atoms with Crippen LogP contribution in [0.15, 0.2) is 42.5 Å². The number of rotatable bonds is 12. The van der Waals surface area contributed by atoms with Crippen LogP contribution in [0.5, 0.6) is 0 Å². The second kappa shape index (κ2) is 11.6. The molecular weight excluding hydrogens is 352 g/mol.